The van der Waals surface area contributed by atoms with Crippen molar-refractivity contribution in [1.29, 1.82) is 0 Å². The minimum atomic E-state index is 0.772. The van der Waals surface area contributed by atoms with Crippen molar-refractivity contribution in [2.75, 3.05) is 0 Å². The van der Waals surface area contributed by atoms with Crippen LogP contribution in [0.3, 0.4) is 0 Å². The Morgan fingerprint density at radius 1 is 1.45 bits per heavy atom. The molecule has 0 N–H and O–H groups in total. The maximum atomic E-state index is 4.21. The molecule has 0 aromatic carbocycles. The molecule has 0 radical (unpaired) electrons. The van der Waals surface area contributed by atoms with Gasteiger partial charge in [-0.25, -0.2) is 9.97 Å². The fourth-order valence-electron chi connectivity index (χ4n) is 0.830. The lowest BCUT2D eigenvalue weighted by atomic mass is 10.4. The molecule has 5 heteroatoms. The molecule has 0 unspecified atom stereocenters. The molecule has 0 saturated carbocycles. The van der Waals surface area contributed by atoms with Crippen molar-refractivity contribution in [3.8, 4) is 0 Å². The van der Waals surface area contributed by atoms with Gasteiger partial charge in [-0.1, -0.05) is 0 Å². The molecule has 0 bridgehead atoms. The van der Waals surface area contributed by atoms with Crippen LogP contribution in [-0.4, -0.2) is 14.3 Å². The maximum absolute atomic E-state index is 4.21. The second-order valence-corrected chi connectivity index (χ2v) is 3.64. The number of halogens is 1. The molecule has 0 aliphatic heterocycles. The second kappa shape index (κ2) is 2.49. The summed E-state index contributed by atoms with van der Waals surface area (Å²) in [5.74, 6) is 0.772. The van der Waals surface area contributed by atoms with E-state index in [4.69, 9.17) is 0 Å². The van der Waals surface area contributed by atoms with Gasteiger partial charge in [0.15, 0.2) is 0 Å². The third-order valence-electron chi connectivity index (χ3n) is 1.30. The lowest BCUT2D eigenvalue weighted by Crippen LogP contribution is -1.86. The van der Waals surface area contributed by atoms with Gasteiger partial charge in [-0.3, -0.25) is 0 Å². The molecule has 2 heterocycles. The van der Waals surface area contributed by atoms with E-state index in [1.807, 2.05) is 6.92 Å². The topological polar surface area (TPSA) is 38.7 Å². The van der Waals surface area contributed by atoms with Crippen LogP contribution in [0.25, 0.3) is 10.2 Å². The van der Waals surface area contributed by atoms with Crippen LogP contribution in [0.15, 0.2) is 10.8 Å². The molecule has 2 rings (SSSR count). The summed E-state index contributed by atoms with van der Waals surface area (Å²) in [5.41, 5.74) is 0. The first-order valence-electron chi connectivity index (χ1n) is 3.02. The number of aryl methyl sites for hydroxylation is 1. The molecule has 0 aliphatic rings. The van der Waals surface area contributed by atoms with Gasteiger partial charge in [0, 0.05) is 0 Å². The Bertz CT molecular complexity index is 398. The quantitative estimate of drug-likeness (QED) is 0.651. The molecule has 0 saturated heterocycles. The summed E-state index contributed by atoms with van der Waals surface area (Å²) >= 11 is 4.73. The predicted octanol–water partition coefficient (Wildman–Crippen LogP) is 2.16. The Labute approximate surface area is 75.8 Å². The number of nitrogens with zero attached hydrogens (tertiary/aromatic N) is 3. The molecule has 2 aromatic rings. The van der Waals surface area contributed by atoms with E-state index < -0.39 is 0 Å². The minimum Gasteiger partial charge on any atom is -0.226 e. The average molecular weight is 230 g/mol. The predicted molar refractivity (Wildman–Crippen MR) is 47.6 cm³/mol. The van der Waals surface area contributed by atoms with E-state index in [0.29, 0.717) is 0 Å². The van der Waals surface area contributed by atoms with E-state index in [1.165, 1.54) is 11.5 Å². The van der Waals surface area contributed by atoms with Crippen LogP contribution in [0.2, 0.25) is 0 Å². The Hall–Kier alpha value is -0.550. The third kappa shape index (κ3) is 1.14. The van der Waals surface area contributed by atoms with Crippen molar-refractivity contribution in [2.45, 2.75) is 6.92 Å². The van der Waals surface area contributed by atoms with Crippen molar-refractivity contribution in [3.63, 3.8) is 0 Å². The molecule has 11 heavy (non-hydrogen) atoms. The van der Waals surface area contributed by atoms with E-state index in [2.05, 4.69) is 30.3 Å². The van der Waals surface area contributed by atoms with Gasteiger partial charge in [-0.05, 0) is 34.4 Å². The van der Waals surface area contributed by atoms with Crippen molar-refractivity contribution >= 4 is 37.7 Å². The second-order valence-electron chi connectivity index (χ2n) is 2.11. The van der Waals surface area contributed by atoms with Gasteiger partial charge in [-0.15, -0.1) is 0 Å². The summed E-state index contributed by atoms with van der Waals surface area (Å²) in [4.78, 5) is 9.29. The zero-order valence-electron chi connectivity index (χ0n) is 5.71. The van der Waals surface area contributed by atoms with E-state index >= 15 is 0 Å². The summed E-state index contributed by atoms with van der Waals surface area (Å²) in [6.07, 6.45) is 1.77. The number of fused-ring (bicyclic) bond motifs is 1. The first-order valence-corrected chi connectivity index (χ1v) is 4.58. The third-order valence-corrected chi connectivity index (χ3v) is 2.60. The molecule has 0 amide bonds. The SMILES string of the molecule is Cc1nc(Br)c2cnsc2n1. The molecule has 0 spiro atoms. The minimum absolute atomic E-state index is 0.772. The Morgan fingerprint density at radius 3 is 3.09 bits per heavy atom. The first-order chi connectivity index (χ1) is 5.27. The highest BCUT2D eigenvalue weighted by Crippen LogP contribution is 2.22. The van der Waals surface area contributed by atoms with E-state index in [-0.39, 0.29) is 0 Å². The van der Waals surface area contributed by atoms with Crippen LogP contribution >= 0.6 is 27.5 Å². The van der Waals surface area contributed by atoms with Gasteiger partial charge >= 0.3 is 0 Å². The van der Waals surface area contributed by atoms with Gasteiger partial charge in [0.2, 0.25) is 0 Å². The molecular formula is C6H4BrN3S. The Balaban J connectivity index is 2.91. The highest BCUT2D eigenvalue weighted by atomic mass is 79.9. The highest BCUT2D eigenvalue weighted by molar-refractivity contribution is 9.10. The van der Waals surface area contributed by atoms with E-state index in [9.17, 15) is 0 Å². The number of rotatable bonds is 0. The smallest absolute Gasteiger partial charge is 0.148 e. The summed E-state index contributed by atoms with van der Waals surface area (Å²) in [7, 11) is 0. The van der Waals surface area contributed by atoms with Crippen LogP contribution in [-0.2, 0) is 0 Å². The molecule has 0 atom stereocenters. The van der Waals surface area contributed by atoms with Crippen LogP contribution < -0.4 is 0 Å². The standard InChI is InChI=1S/C6H4BrN3S/c1-3-9-5(7)4-2-8-11-6(4)10-3/h2H,1H3. The average Bonchev–Trinajstić information content (AvgIpc) is 2.34. The zero-order chi connectivity index (χ0) is 7.84. The van der Waals surface area contributed by atoms with Gasteiger partial charge in [0.05, 0.1) is 11.6 Å². The lowest BCUT2D eigenvalue weighted by Gasteiger charge is -1.92. The van der Waals surface area contributed by atoms with Gasteiger partial charge in [0.1, 0.15) is 15.3 Å². The summed E-state index contributed by atoms with van der Waals surface area (Å²) in [6, 6.07) is 0. The molecule has 2 aromatic heterocycles. The van der Waals surface area contributed by atoms with Crippen LogP contribution in [0.4, 0.5) is 0 Å². The molecule has 56 valence electrons. The fourth-order valence-corrected chi connectivity index (χ4v) is 2.19. The zero-order valence-corrected chi connectivity index (χ0v) is 8.11. The van der Waals surface area contributed by atoms with Crippen LogP contribution in [0.5, 0.6) is 0 Å². The molecule has 0 fully saturated rings. The Morgan fingerprint density at radius 2 is 2.27 bits per heavy atom. The van der Waals surface area contributed by atoms with Crippen molar-refractivity contribution < 1.29 is 0 Å². The summed E-state index contributed by atoms with van der Waals surface area (Å²) in [5, 5.41) is 0.987. The summed E-state index contributed by atoms with van der Waals surface area (Å²) < 4.78 is 4.84. The molecule has 3 nitrogen and oxygen atoms in total. The first kappa shape index (κ1) is 7.12. The van der Waals surface area contributed by atoms with E-state index in [1.54, 1.807) is 6.20 Å². The number of hydrogen-bond acceptors (Lipinski definition) is 4. The van der Waals surface area contributed by atoms with Gasteiger partial charge in [0.25, 0.3) is 0 Å². The van der Waals surface area contributed by atoms with Crippen molar-refractivity contribution in [2.24, 2.45) is 0 Å². The molecule has 0 aliphatic carbocycles. The van der Waals surface area contributed by atoms with Gasteiger partial charge in [-0.2, -0.15) is 4.37 Å². The largest absolute Gasteiger partial charge is 0.226 e. The van der Waals surface area contributed by atoms with Crippen LogP contribution in [0.1, 0.15) is 5.82 Å². The lowest BCUT2D eigenvalue weighted by molar-refractivity contribution is 1.08. The monoisotopic (exact) mass is 229 g/mol. The molecular weight excluding hydrogens is 226 g/mol. The van der Waals surface area contributed by atoms with Gasteiger partial charge < -0.3 is 0 Å². The van der Waals surface area contributed by atoms with Crippen molar-refractivity contribution in [3.05, 3.63) is 16.6 Å². The van der Waals surface area contributed by atoms with Crippen molar-refractivity contribution in [1.82, 2.24) is 14.3 Å². The fraction of sp³-hybridized carbons (Fsp3) is 0.167. The highest BCUT2D eigenvalue weighted by Gasteiger charge is 2.03. The number of hydrogen-bond donors (Lipinski definition) is 0. The number of aromatic nitrogens is 3. The summed E-state index contributed by atoms with van der Waals surface area (Å²) in [6.45, 7) is 1.86. The van der Waals surface area contributed by atoms with Crippen LogP contribution in [0, 0.1) is 6.92 Å². The van der Waals surface area contributed by atoms with E-state index in [0.717, 1.165) is 20.6 Å². The Kier molecular flexibility index (Phi) is 1.61. The maximum Gasteiger partial charge on any atom is 0.148 e. The normalized spacial score (nSPS) is 10.7.